The summed E-state index contributed by atoms with van der Waals surface area (Å²) in [6.07, 6.45) is 8.25. The molecule has 1 saturated heterocycles. The van der Waals surface area contributed by atoms with Crippen molar-refractivity contribution in [2.45, 2.75) is 82.9 Å². The van der Waals surface area contributed by atoms with Crippen LogP contribution in [0, 0.1) is 0 Å². The normalized spacial score (nSPS) is 27.0. The van der Waals surface area contributed by atoms with Gasteiger partial charge in [0.05, 0.1) is 0 Å². The van der Waals surface area contributed by atoms with Gasteiger partial charge in [-0.2, -0.15) is 0 Å². The van der Waals surface area contributed by atoms with Crippen LogP contribution < -0.4 is 10.6 Å². The SMILES string of the molecule is CC(C)(C)OC(=O)NC1CCNC2(CCCCC2)C1. The lowest BCUT2D eigenvalue weighted by molar-refractivity contribution is 0.0466. The van der Waals surface area contributed by atoms with Gasteiger partial charge in [-0.25, -0.2) is 4.79 Å². The van der Waals surface area contributed by atoms with Crippen LogP contribution in [0.3, 0.4) is 0 Å². The molecule has 1 saturated carbocycles. The number of carbonyl (C=O) groups is 1. The Morgan fingerprint density at radius 1 is 1.26 bits per heavy atom. The van der Waals surface area contributed by atoms with Crippen LogP contribution in [0.1, 0.15) is 65.7 Å². The van der Waals surface area contributed by atoms with Crippen LogP contribution in [0.4, 0.5) is 4.79 Å². The van der Waals surface area contributed by atoms with E-state index in [-0.39, 0.29) is 17.7 Å². The zero-order valence-corrected chi connectivity index (χ0v) is 12.6. The second kappa shape index (κ2) is 5.70. The fourth-order valence-corrected chi connectivity index (χ4v) is 3.36. The molecule has 2 N–H and O–H groups in total. The standard InChI is InChI=1S/C15H28N2O2/c1-14(2,3)19-13(18)17-12-7-10-16-15(11-12)8-5-4-6-9-15/h12,16H,4-11H2,1-3H3,(H,17,18). The van der Waals surface area contributed by atoms with E-state index in [4.69, 9.17) is 4.74 Å². The highest BCUT2D eigenvalue weighted by atomic mass is 16.6. The van der Waals surface area contributed by atoms with E-state index >= 15 is 0 Å². The van der Waals surface area contributed by atoms with Crippen molar-refractivity contribution >= 4 is 6.09 Å². The minimum absolute atomic E-state index is 0.259. The Morgan fingerprint density at radius 3 is 2.58 bits per heavy atom. The molecule has 4 nitrogen and oxygen atoms in total. The smallest absolute Gasteiger partial charge is 0.407 e. The van der Waals surface area contributed by atoms with E-state index in [1.165, 1.54) is 32.1 Å². The lowest BCUT2D eigenvalue weighted by Crippen LogP contribution is -2.57. The predicted molar refractivity (Wildman–Crippen MR) is 76.2 cm³/mol. The molecule has 2 aliphatic rings. The molecule has 0 aromatic carbocycles. The first-order chi connectivity index (χ1) is 8.89. The van der Waals surface area contributed by atoms with E-state index in [1.54, 1.807) is 0 Å². The summed E-state index contributed by atoms with van der Waals surface area (Å²) in [6.45, 7) is 6.70. The molecule has 1 spiro atoms. The number of carbonyl (C=O) groups excluding carboxylic acids is 1. The maximum absolute atomic E-state index is 11.8. The van der Waals surface area contributed by atoms with Crippen molar-refractivity contribution in [1.82, 2.24) is 10.6 Å². The molecule has 110 valence electrons. The number of hydrogen-bond acceptors (Lipinski definition) is 3. The second-order valence-electron chi connectivity index (χ2n) is 7.10. The summed E-state index contributed by atoms with van der Waals surface area (Å²) >= 11 is 0. The van der Waals surface area contributed by atoms with Gasteiger partial charge in [-0.1, -0.05) is 19.3 Å². The number of rotatable bonds is 1. The van der Waals surface area contributed by atoms with Gasteiger partial charge in [0.15, 0.2) is 0 Å². The second-order valence-corrected chi connectivity index (χ2v) is 7.10. The zero-order valence-electron chi connectivity index (χ0n) is 12.6. The Balaban J connectivity index is 1.85. The monoisotopic (exact) mass is 268 g/mol. The molecule has 1 heterocycles. The summed E-state index contributed by atoms with van der Waals surface area (Å²) in [5.74, 6) is 0. The van der Waals surface area contributed by atoms with E-state index in [2.05, 4.69) is 10.6 Å². The predicted octanol–water partition coefficient (Wildman–Crippen LogP) is 2.97. The highest BCUT2D eigenvalue weighted by Gasteiger charge is 2.37. The average molecular weight is 268 g/mol. The van der Waals surface area contributed by atoms with E-state index in [0.29, 0.717) is 0 Å². The molecule has 1 aliphatic carbocycles. The molecule has 0 aromatic heterocycles. The van der Waals surface area contributed by atoms with E-state index in [0.717, 1.165) is 19.4 Å². The molecule has 2 fully saturated rings. The molecule has 0 aromatic rings. The summed E-state index contributed by atoms with van der Waals surface area (Å²) in [7, 11) is 0. The van der Waals surface area contributed by atoms with E-state index < -0.39 is 5.60 Å². The molecule has 0 radical (unpaired) electrons. The number of piperidine rings is 1. The van der Waals surface area contributed by atoms with Crippen LogP contribution in [-0.2, 0) is 4.74 Å². The highest BCUT2D eigenvalue weighted by Crippen LogP contribution is 2.34. The molecule has 2 rings (SSSR count). The molecule has 0 bridgehead atoms. The number of nitrogens with one attached hydrogen (secondary N) is 2. The Bertz CT molecular complexity index is 311. The molecular formula is C15H28N2O2. The first kappa shape index (κ1) is 14.6. The zero-order chi connectivity index (χ0) is 13.9. The van der Waals surface area contributed by atoms with Crippen LogP contribution in [0.15, 0.2) is 0 Å². The topological polar surface area (TPSA) is 50.4 Å². The van der Waals surface area contributed by atoms with Crippen molar-refractivity contribution in [2.24, 2.45) is 0 Å². The van der Waals surface area contributed by atoms with Gasteiger partial charge in [-0.15, -0.1) is 0 Å². The van der Waals surface area contributed by atoms with Gasteiger partial charge in [0.25, 0.3) is 0 Å². The molecule has 4 heteroatoms. The first-order valence-electron chi connectivity index (χ1n) is 7.63. The number of amides is 1. The maximum Gasteiger partial charge on any atom is 0.407 e. The molecule has 1 unspecified atom stereocenters. The van der Waals surface area contributed by atoms with E-state index in [1.807, 2.05) is 20.8 Å². The fourth-order valence-electron chi connectivity index (χ4n) is 3.36. The minimum Gasteiger partial charge on any atom is -0.444 e. The Morgan fingerprint density at radius 2 is 1.95 bits per heavy atom. The third kappa shape index (κ3) is 4.37. The third-order valence-electron chi connectivity index (χ3n) is 4.16. The van der Waals surface area contributed by atoms with Gasteiger partial charge in [0.1, 0.15) is 5.60 Å². The highest BCUT2D eigenvalue weighted by molar-refractivity contribution is 5.68. The van der Waals surface area contributed by atoms with Gasteiger partial charge in [0.2, 0.25) is 0 Å². The van der Waals surface area contributed by atoms with Crippen LogP contribution in [0.25, 0.3) is 0 Å². The molecule has 1 amide bonds. The van der Waals surface area contributed by atoms with Crippen LogP contribution in [0.2, 0.25) is 0 Å². The fraction of sp³-hybridized carbons (Fsp3) is 0.933. The van der Waals surface area contributed by atoms with Crippen molar-refractivity contribution < 1.29 is 9.53 Å². The molecule has 1 atom stereocenters. The number of hydrogen-bond donors (Lipinski definition) is 2. The number of ether oxygens (including phenoxy) is 1. The average Bonchev–Trinajstić information content (AvgIpc) is 2.27. The van der Waals surface area contributed by atoms with Crippen molar-refractivity contribution in [3.05, 3.63) is 0 Å². The van der Waals surface area contributed by atoms with Crippen LogP contribution in [0.5, 0.6) is 0 Å². The van der Waals surface area contributed by atoms with Crippen LogP contribution >= 0.6 is 0 Å². The first-order valence-corrected chi connectivity index (χ1v) is 7.63. The summed E-state index contributed by atoms with van der Waals surface area (Å²) in [5.41, 5.74) is -0.143. The molecular weight excluding hydrogens is 240 g/mol. The summed E-state index contributed by atoms with van der Waals surface area (Å²) < 4.78 is 5.35. The lowest BCUT2D eigenvalue weighted by atomic mass is 9.75. The Labute approximate surface area is 116 Å². The van der Waals surface area contributed by atoms with Crippen molar-refractivity contribution in [1.29, 1.82) is 0 Å². The summed E-state index contributed by atoms with van der Waals surface area (Å²) in [4.78, 5) is 11.8. The van der Waals surface area contributed by atoms with Crippen molar-refractivity contribution in [3.8, 4) is 0 Å². The summed E-state index contributed by atoms with van der Waals surface area (Å²) in [5, 5.41) is 6.74. The largest absolute Gasteiger partial charge is 0.444 e. The van der Waals surface area contributed by atoms with Gasteiger partial charge in [-0.3, -0.25) is 0 Å². The quantitative estimate of drug-likeness (QED) is 0.768. The Kier molecular flexibility index (Phi) is 4.39. The van der Waals surface area contributed by atoms with E-state index in [9.17, 15) is 4.79 Å². The molecule has 19 heavy (non-hydrogen) atoms. The minimum atomic E-state index is -0.417. The van der Waals surface area contributed by atoms with Gasteiger partial charge < -0.3 is 15.4 Å². The Hall–Kier alpha value is -0.770. The van der Waals surface area contributed by atoms with Gasteiger partial charge in [-0.05, 0) is 53.0 Å². The maximum atomic E-state index is 11.8. The van der Waals surface area contributed by atoms with Crippen LogP contribution in [-0.4, -0.2) is 29.8 Å². The lowest BCUT2D eigenvalue weighted by Gasteiger charge is -2.44. The van der Waals surface area contributed by atoms with Crippen molar-refractivity contribution in [2.75, 3.05) is 6.54 Å². The number of alkyl carbamates (subject to hydrolysis) is 1. The third-order valence-corrected chi connectivity index (χ3v) is 4.16. The van der Waals surface area contributed by atoms with Gasteiger partial charge in [0, 0.05) is 11.6 Å². The van der Waals surface area contributed by atoms with Gasteiger partial charge >= 0.3 is 6.09 Å². The summed E-state index contributed by atoms with van der Waals surface area (Å²) in [6, 6.07) is 0.259. The van der Waals surface area contributed by atoms with Crippen molar-refractivity contribution in [3.63, 3.8) is 0 Å². The molecule has 1 aliphatic heterocycles.